The summed E-state index contributed by atoms with van der Waals surface area (Å²) >= 11 is 3.19. The summed E-state index contributed by atoms with van der Waals surface area (Å²) in [6, 6.07) is 4.26. The molecular weight excluding hydrogens is 317 g/mol. The van der Waals surface area contributed by atoms with Crippen LogP contribution in [-0.4, -0.2) is 17.6 Å². The lowest BCUT2D eigenvalue weighted by Crippen LogP contribution is -2.06. The average molecular weight is 328 g/mol. The second-order valence-electron chi connectivity index (χ2n) is 3.80. The Morgan fingerprint density at radius 3 is 2.84 bits per heavy atom. The number of aromatic nitrogens is 1. The van der Waals surface area contributed by atoms with Crippen LogP contribution in [0.5, 0.6) is 0 Å². The molecule has 0 aliphatic heterocycles. The molecule has 1 aromatic heterocycles. The first-order valence-corrected chi connectivity index (χ1v) is 6.41. The molecule has 6 heteroatoms. The summed E-state index contributed by atoms with van der Waals surface area (Å²) in [5.74, 6) is -0.446. The molecule has 2 rings (SSSR count). The highest BCUT2D eigenvalue weighted by Gasteiger charge is 2.19. The molecule has 1 heterocycles. The molecule has 19 heavy (non-hydrogen) atoms. The topological polar surface area (TPSA) is 52.3 Å². The van der Waals surface area contributed by atoms with Crippen LogP contribution in [0, 0.1) is 12.7 Å². The second kappa shape index (κ2) is 5.52. The Hall–Kier alpha value is -1.69. The first kappa shape index (κ1) is 13.7. The molecule has 0 unspecified atom stereocenters. The molecule has 0 amide bonds. The minimum atomic E-state index is -0.550. The maximum absolute atomic E-state index is 13.3. The van der Waals surface area contributed by atoms with Gasteiger partial charge in [0.1, 0.15) is 11.6 Å². The Bertz CT molecular complexity index is 604. The summed E-state index contributed by atoms with van der Waals surface area (Å²) in [4.78, 5) is 15.7. The van der Waals surface area contributed by atoms with Crippen LogP contribution >= 0.6 is 15.9 Å². The van der Waals surface area contributed by atoms with Crippen LogP contribution in [0.2, 0.25) is 0 Å². The summed E-state index contributed by atoms with van der Waals surface area (Å²) in [5, 5.41) is 0. The summed E-state index contributed by atoms with van der Waals surface area (Å²) in [5.41, 5.74) is 0.558. The molecule has 0 radical (unpaired) electrons. The number of ether oxygens (including phenoxy) is 1. The van der Waals surface area contributed by atoms with Gasteiger partial charge in [0.2, 0.25) is 5.89 Å². The predicted molar refractivity (Wildman–Crippen MR) is 70.3 cm³/mol. The molecule has 0 aliphatic rings. The lowest BCUT2D eigenvalue weighted by molar-refractivity contribution is 0.0518. The molecule has 2 aromatic rings. The Morgan fingerprint density at radius 1 is 1.47 bits per heavy atom. The molecule has 0 fully saturated rings. The van der Waals surface area contributed by atoms with Crippen LogP contribution in [0.4, 0.5) is 4.39 Å². The third-order valence-corrected chi connectivity index (χ3v) is 2.83. The number of oxazole rings is 1. The standard InChI is InChI=1S/C13H11BrFNO3/c1-3-18-13(17)11-7(2)19-12(16-11)8-4-9(14)6-10(15)5-8/h4-6H,3H2,1-2H3. The van der Waals surface area contributed by atoms with E-state index in [9.17, 15) is 9.18 Å². The second-order valence-corrected chi connectivity index (χ2v) is 4.72. The van der Waals surface area contributed by atoms with Crippen molar-refractivity contribution in [1.82, 2.24) is 4.98 Å². The van der Waals surface area contributed by atoms with E-state index in [1.54, 1.807) is 19.9 Å². The van der Waals surface area contributed by atoms with E-state index in [-0.39, 0.29) is 18.2 Å². The van der Waals surface area contributed by atoms with E-state index >= 15 is 0 Å². The fourth-order valence-corrected chi connectivity index (χ4v) is 2.05. The van der Waals surface area contributed by atoms with E-state index in [2.05, 4.69) is 20.9 Å². The number of carbonyl (C=O) groups excluding carboxylic acids is 1. The van der Waals surface area contributed by atoms with Crippen LogP contribution in [0.25, 0.3) is 11.5 Å². The van der Waals surface area contributed by atoms with Gasteiger partial charge in [-0.15, -0.1) is 0 Å². The largest absolute Gasteiger partial charge is 0.461 e. The van der Waals surface area contributed by atoms with Crippen molar-refractivity contribution >= 4 is 21.9 Å². The van der Waals surface area contributed by atoms with Crippen LogP contribution in [0.3, 0.4) is 0 Å². The normalized spacial score (nSPS) is 10.5. The third-order valence-electron chi connectivity index (χ3n) is 2.37. The number of carbonyl (C=O) groups is 1. The number of rotatable bonds is 3. The minimum Gasteiger partial charge on any atom is -0.461 e. The molecule has 0 atom stereocenters. The van der Waals surface area contributed by atoms with Crippen LogP contribution in [-0.2, 0) is 4.74 Å². The molecule has 100 valence electrons. The van der Waals surface area contributed by atoms with Gasteiger partial charge in [0.25, 0.3) is 0 Å². The fraction of sp³-hybridized carbons (Fsp3) is 0.231. The Kier molecular flexibility index (Phi) is 3.99. The van der Waals surface area contributed by atoms with E-state index < -0.39 is 11.8 Å². The predicted octanol–water partition coefficient (Wildman–Crippen LogP) is 3.73. The summed E-state index contributed by atoms with van der Waals surface area (Å²) in [6.07, 6.45) is 0. The summed E-state index contributed by atoms with van der Waals surface area (Å²) in [6.45, 7) is 3.57. The van der Waals surface area contributed by atoms with E-state index in [4.69, 9.17) is 9.15 Å². The van der Waals surface area contributed by atoms with Gasteiger partial charge in [0.15, 0.2) is 5.69 Å². The van der Waals surface area contributed by atoms with Gasteiger partial charge in [-0.05, 0) is 32.0 Å². The van der Waals surface area contributed by atoms with Gasteiger partial charge in [0, 0.05) is 10.0 Å². The van der Waals surface area contributed by atoms with Crippen molar-refractivity contribution in [3.63, 3.8) is 0 Å². The van der Waals surface area contributed by atoms with Gasteiger partial charge in [0.05, 0.1) is 6.61 Å². The number of aryl methyl sites for hydroxylation is 1. The molecule has 0 spiro atoms. The molecule has 0 aliphatic carbocycles. The van der Waals surface area contributed by atoms with Crippen LogP contribution in [0.1, 0.15) is 23.2 Å². The van der Waals surface area contributed by atoms with Crippen molar-refractivity contribution in [2.24, 2.45) is 0 Å². The smallest absolute Gasteiger partial charge is 0.360 e. The lowest BCUT2D eigenvalue weighted by atomic mass is 10.2. The molecule has 4 nitrogen and oxygen atoms in total. The van der Waals surface area contributed by atoms with E-state index in [1.165, 1.54) is 12.1 Å². The highest BCUT2D eigenvalue weighted by atomic mass is 79.9. The van der Waals surface area contributed by atoms with Crippen LogP contribution < -0.4 is 0 Å². The Labute approximate surface area is 117 Å². The zero-order valence-electron chi connectivity index (χ0n) is 10.4. The van der Waals surface area contributed by atoms with Gasteiger partial charge in [-0.1, -0.05) is 15.9 Å². The van der Waals surface area contributed by atoms with E-state index in [1.807, 2.05) is 0 Å². The Balaban J connectivity index is 2.41. The molecule has 0 bridgehead atoms. The number of hydrogen-bond acceptors (Lipinski definition) is 4. The first-order valence-electron chi connectivity index (χ1n) is 5.62. The van der Waals surface area contributed by atoms with Gasteiger partial charge in [-0.3, -0.25) is 0 Å². The van der Waals surface area contributed by atoms with Crippen molar-refractivity contribution in [2.75, 3.05) is 6.61 Å². The summed E-state index contributed by atoms with van der Waals surface area (Å²) in [7, 11) is 0. The number of hydrogen-bond donors (Lipinski definition) is 0. The SMILES string of the molecule is CCOC(=O)c1nc(-c2cc(F)cc(Br)c2)oc1C. The van der Waals surface area contributed by atoms with E-state index in [0.29, 0.717) is 15.8 Å². The highest BCUT2D eigenvalue weighted by molar-refractivity contribution is 9.10. The number of nitrogens with zero attached hydrogens (tertiary/aromatic N) is 1. The van der Waals surface area contributed by atoms with Crippen molar-refractivity contribution in [3.8, 4) is 11.5 Å². The van der Waals surface area contributed by atoms with Crippen molar-refractivity contribution in [1.29, 1.82) is 0 Å². The molecule has 0 N–H and O–H groups in total. The quantitative estimate of drug-likeness (QED) is 0.806. The van der Waals surface area contributed by atoms with Gasteiger partial charge >= 0.3 is 5.97 Å². The van der Waals surface area contributed by atoms with Gasteiger partial charge in [-0.2, -0.15) is 0 Å². The van der Waals surface area contributed by atoms with Crippen molar-refractivity contribution < 1.29 is 18.3 Å². The lowest BCUT2D eigenvalue weighted by Gasteiger charge is -1.97. The molecule has 0 saturated heterocycles. The van der Waals surface area contributed by atoms with E-state index in [0.717, 1.165) is 0 Å². The minimum absolute atomic E-state index is 0.109. The van der Waals surface area contributed by atoms with Crippen LogP contribution in [0.15, 0.2) is 27.1 Å². The zero-order valence-corrected chi connectivity index (χ0v) is 12.0. The van der Waals surface area contributed by atoms with Crippen molar-refractivity contribution in [2.45, 2.75) is 13.8 Å². The fourth-order valence-electron chi connectivity index (χ4n) is 1.59. The molecule has 1 aromatic carbocycles. The van der Waals surface area contributed by atoms with Crippen molar-refractivity contribution in [3.05, 3.63) is 39.9 Å². The highest BCUT2D eigenvalue weighted by Crippen LogP contribution is 2.26. The van der Waals surface area contributed by atoms with Gasteiger partial charge in [-0.25, -0.2) is 14.2 Å². The summed E-state index contributed by atoms with van der Waals surface area (Å²) < 4.78 is 24.1. The molecule has 0 saturated carbocycles. The number of benzene rings is 1. The molecular formula is C13H11BrFNO3. The number of esters is 1. The third kappa shape index (κ3) is 3.01. The first-order chi connectivity index (χ1) is 9.01. The zero-order chi connectivity index (χ0) is 14.0. The Morgan fingerprint density at radius 2 is 2.21 bits per heavy atom. The average Bonchev–Trinajstić information content (AvgIpc) is 2.70. The maximum Gasteiger partial charge on any atom is 0.360 e. The van der Waals surface area contributed by atoms with Gasteiger partial charge < -0.3 is 9.15 Å². The number of halogens is 2. The monoisotopic (exact) mass is 327 g/mol. The maximum atomic E-state index is 13.3.